The monoisotopic (exact) mass is 310 g/mol. The molecule has 6 nitrogen and oxygen atoms in total. The van der Waals surface area contributed by atoms with Crippen LogP contribution < -0.4 is 0 Å². The van der Waals surface area contributed by atoms with E-state index >= 15 is 0 Å². The molecule has 1 rings (SSSR count). The van der Waals surface area contributed by atoms with E-state index in [1.165, 1.54) is 0 Å². The highest BCUT2D eigenvalue weighted by atomic mass is 16.5. The van der Waals surface area contributed by atoms with E-state index in [-0.39, 0.29) is 26.1 Å². The molecule has 0 amide bonds. The zero-order valence-corrected chi connectivity index (χ0v) is 12.8. The molecule has 0 spiro atoms. The Balaban J connectivity index is 2.53. The number of carbonyl (C=O) groups is 1. The molecule has 22 heavy (non-hydrogen) atoms. The van der Waals surface area contributed by atoms with E-state index in [1.807, 2.05) is 0 Å². The second-order valence-corrected chi connectivity index (χ2v) is 4.81. The summed E-state index contributed by atoms with van der Waals surface area (Å²) in [6.07, 6.45) is -0.0380. The molecule has 122 valence electrons. The van der Waals surface area contributed by atoms with Crippen molar-refractivity contribution in [1.29, 1.82) is 0 Å². The number of hydrogen-bond acceptors (Lipinski definition) is 6. The van der Waals surface area contributed by atoms with Crippen molar-refractivity contribution in [3.63, 3.8) is 0 Å². The van der Waals surface area contributed by atoms with Crippen LogP contribution in [0.5, 0.6) is 0 Å². The number of esters is 1. The first-order chi connectivity index (χ1) is 10.5. The zero-order valence-electron chi connectivity index (χ0n) is 12.8. The number of ether oxygens (including phenoxy) is 1. The highest BCUT2D eigenvalue weighted by molar-refractivity contribution is 5.74. The Morgan fingerprint density at radius 1 is 1.45 bits per heavy atom. The molecule has 3 N–H and O–H groups in total. The second-order valence-electron chi connectivity index (χ2n) is 4.81. The molecule has 0 bridgehead atoms. The first-order valence-electron chi connectivity index (χ1n) is 7.10. The topological polar surface area (TPSA) is 100 Å². The number of carbonyl (C=O) groups excluding carboxylic acids is 1. The average Bonchev–Trinajstić information content (AvgIpc) is 2.96. The minimum absolute atomic E-state index is 0.126. The number of rotatable bonds is 8. The molecule has 0 saturated heterocycles. The summed E-state index contributed by atoms with van der Waals surface area (Å²) in [5.74, 6) is 0.101. The fraction of sp³-hybridized carbons (Fsp3) is 0.500. The zero-order chi connectivity index (χ0) is 16.5. The van der Waals surface area contributed by atoms with Crippen molar-refractivity contribution in [3.8, 4) is 0 Å². The first-order valence-corrected chi connectivity index (χ1v) is 7.10. The van der Waals surface area contributed by atoms with Gasteiger partial charge < -0.3 is 24.5 Å². The summed E-state index contributed by atoms with van der Waals surface area (Å²) in [5.41, 5.74) is 3.57. The van der Waals surface area contributed by atoms with Crippen LogP contribution in [0.4, 0.5) is 0 Å². The van der Waals surface area contributed by atoms with Gasteiger partial charge in [-0.2, -0.15) is 0 Å². The van der Waals surface area contributed by atoms with Crippen LogP contribution in [0.2, 0.25) is 0 Å². The van der Waals surface area contributed by atoms with E-state index in [0.29, 0.717) is 17.1 Å². The van der Waals surface area contributed by atoms with Crippen molar-refractivity contribution < 1.29 is 29.3 Å². The maximum absolute atomic E-state index is 11.3. The minimum atomic E-state index is -1.21. The standard InChI is InChI=1S/C16H22O6/c1-3-21-16(20)14(19)9-11(2)5-4-6-13(18)15-8-7-12(10-17)22-15/h4,7-8,13-14,17-19H,3,6,9-10H2,1-2H3/t5?,13-,14-/m1/s1. The van der Waals surface area contributed by atoms with E-state index in [4.69, 9.17) is 14.3 Å². The van der Waals surface area contributed by atoms with Gasteiger partial charge in [-0.3, -0.25) is 0 Å². The summed E-state index contributed by atoms with van der Waals surface area (Å²) in [6.45, 7) is 3.40. The van der Waals surface area contributed by atoms with Crippen molar-refractivity contribution >= 4 is 5.97 Å². The van der Waals surface area contributed by atoms with E-state index in [0.717, 1.165) is 0 Å². The molecule has 1 aromatic rings. The predicted octanol–water partition coefficient (Wildman–Crippen LogP) is 1.61. The molecular formula is C16H22O6. The molecule has 1 heterocycles. The quantitative estimate of drug-likeness (QED) is 0.498. The predicted molar refractivity (Wildman–Crippen MR) is 78.7 cm³/mol. The Kier molecular flexibility index (Phi) is 7.63. The van der Waals surface area contributed by atoms with Gasteiger partial charge in [0.2, 0.25) is 0 Å². The number of aliphatic hydroxyl groups is 3. The van der Waals surface area contributed by atoms with Gasteiger partial charge in [0, 0.05) is 12.8 Å². The molecule has 0 aromatic carbocycles. The average molecular weight is 310 g/mol. The van der Waals surface area contributed by atoms with E-state index in [2.05, 4.69) is 5.73 Å². The van der Waals surface area contributed by atoms with E-state index in [1.54, 1.807) is 32.1 Å². The Hall–Kier alpha value is -1.85. The summed E-state index contributed by atoms with van der Waals surface area (Å²) < 4.78 is 9.92. The van der Waals surface area contributed by atoms with Gasteiger partial charge in [-0.05, 0) is 37.6 Å². The first kappa shape index (κ1) is 18.2. The maximum Gasteiger partial charge on any atom is 0.335 e. The van der Waals surface area contributed by atoms with Crippen LogP contribution in [0.25, 0.3) is 0 Å². The van der Waals surface area contributed by atoms with Crippen LogP contribution in [-0.4, -0.2) is 34.0 Å². The molecule has 0 radical (unpaired) electrons. The van der Waals surface area contributed by atoms with Gasteiger partial charge in [0.15, 0.2) is 6.10 Å². The third kappa shape index (κ3) is 5.87. The van der Waals surface area contributed by atoms with Gasteiger partial charge in [0.25, 0.3) is 0 Å². The van der Waals surface area contributed by atoms with Crippen LogP contribution in [0, 0.1) is 0 Å². The number of furan rings is 1. The summed E-state index contributed by atoms with van der Waals surface area (Å²) in [5, 5.41) is 28.4. The van der Waals surface area contributed by atoms with Crippen LogP contribution in [0.3, 0.4) is 0 Å². The Labute approximate surface area is 129 Å². The van der Waals surface area contributed by atoms with Crippen molar-refractivity contribution in [1.82, 2.24) is 0 Å². The number of hydrogen-bond donors (Lipinski definition) is 3. The summed E-state index contributed by atoms with van der Waals surface area (Å²) in [6, 6.07) is 3.20. The van der Waals surface area contributed by atoms with Crippen molar-refractivity contribution in [2.75, 3.05) is 6.61 Å². The SMILES string of the molecule is CCOC(=O)[C@H](O)CC(C)=C=CC[C@@H](O)c1ccc(CO)o1. The largest absolute Gasteiger partial charge is 0.464 e. The molecule has 0 aliphatic carbocycles. The molecule has 1 aromatic heterocycles. The molecule has 0 unspecified atom stereocenters. The second kappa shape index (κ2) is 9.23. The van der Waals surface area contributed by atoms with Crippen molar-refractivity contribution in [2.24, 2.45) is 0 Å². The summed E-state index contributed by atoms with van der Waals surface area (Å²) in [7, 11) is 0. The third-order valence-corrected chi connectivity index (χ3v) is 2.91. The molecule has 0 fully saturated rings. The van der Waals surface area contributed by atoms with E-state index in [9.17, 15) is 15.0 Å². The molecule has 0 saturated carbocycles. The molecule has 2 atom stereocenters. The van der Waals surface area contributed by atoms with Crippen LogP contribution in [0.1, 0.15) is 44.3 Å². The van der Waals surface area contributed by atoms with Gasteiger partial charge in [0.05, 0.1) is 6.61 Å². The lowest BCUT2D eigenvalue weighted by molar-refractivity contribution is -0.152. The molecule has 0 aliphatic heterocycles. The Morgan fingerprint density at radius 2 is 2.18 bits per heavy atom. The highest BCUT2D eigenvalue weighted by Crippen LogP contribution is 2.20. The lowest BCUT2D eigenvalue weighted by Crippen LogP contribution is -2.23. The summed E-state index contributed by atoms with van der Waals surface area (Å²) >= 11 is 0. The van der Waals surface area contributed by atoms with Crippen molar-refractivity contribution in [3.05, 3.63) is 41.0 Å². The lowest BCUT2D eigenvalue weighted by atomic mass is 10.1. The Bertz CT molecular complexity index is 539. The normalized spacial score (nSPS) is 13.1. The van der Waals surface area contributed by atoms with Crippen LogP contribution in [-0.2, 0) is 16.1 Å². The fourth-order valence-electron chi connectivity index (χ4n) is 1.79. The molecule has 0 aliphatic rings. The van der Waals surface area contributed by atoms with Gasteiger partial charge in [-0.1, -0.05) is 0 Å². The highest BCUT2D eigenvalue weighted by Gasteiger charge is 2.16. The smallest absolute Gasteiger partial charge is 0.335 e. The summed E-state index contributed by atoms with van der Waals surface area (Å²) in [4.78, 5) is 11.3. The minimum Gasteiger partial charge on any atom is -0.464 e. The fourth-order valence-corrected chi connectivity index (χ4v) is 1.79. The maximum atomic E-state index is 11.3. The van der Waals surface area contributed by atoms with E-state index < -0.39 is 18.2 Å². The number of aliphatic hydroxyl groups excluding tert-OH is 3. The van der Waals surface area contributed by atoms with Gasteiger partial charge in [0.1, 0.15) is 24.2 Å². The van der Waals surface area contributed by atoms with Crippen LogP contribution >= 0.6 is 0 Å². The van der Waals surface area contributed by atoms with Gasteiger partial charge in [-0.15, -0.1) is 5.73 Å². The molecular weight excluding hydrogens is 288 g/mol. The van der Waals surface area contributed by atoms with Gasteiger partial charge in [-0.25, -0.2) is 4.79 Å². The van der Waals surface area contributed by atoms with Crippen LogP contribution in [0.15, 0.2) is 33.9 Å². The lowest BCUT2D eigenvalue weighted by Gasteiger charge is -2.08. The van der Waals surface area contributed by atoms with Gasteiger partial charge >= 0.3 is 5.97 Å². The third-order valence-electron chi connectivity index (χ3n) is 2.91. The molecule has 6 heteroatoms. The Morgan fingerprint density at radius 3 is 2.77 bits per heavy atom. The van der Waals surface area contributed by atoms with Crippen molar-refractivity contribution in [2.45, 2.75) is 45.5 Å².